The molecule has 2 heterocycles. The zero-order valence-electron chi connectivity index (χ0n) is 15.4. The molecule has 1 atom stereocenters. The third kappa shape index (κ3) is 4.27. The smallest absolute Gasteiger partial charge is 0.274 e. The summed E-state index contributed by atoms with van der Waals surface area (Å²) in [6, 6.07) is 7.50. The number of halogens is 1. The van der Waals surface area contributed by atoms with Gasteiger partial charge in [-0.15, -0.1) is 0 Å². The molecule has 1 fully saturated rings. The second kappa shape index (κ2) is 8.69. The molecule has 5 nitrogen and oxygen atoms in total. The molecule has 1 aliphatic rings. The number of ether oxygens (including phenoxy) is 1. The van der Waals surface area contributed by atoms with E-state index in [2.05, 4.69) is 12.0 Å². The molecule has 2 aromatic rings. The first-order valence-electron chi connectivity index (χ1n) is 9.32. The summed E-state index contributed by atoms with van der Waals surface area (Å²) in [4.78, 5) is 14.9. The van der Waals surface area contributed by atoms with Crippen molar-refractivity contribution in [3.05, 3.63) is 46.7 Å². The van der Waals surface area contributed by atoms with E-state index in [9.17, 15) is 4.79 Å². The molecule has 0 aliphatic carbocycles. The van der Waals surface area contributed by atoms with E-state index in [-0.39, 0.29) is 12.0 Å². The molecule has 1 aromatic carbocycles. The Morgan fingerprint density at radius 3 is 2.88 bits per heavy atom. The van der Waals surface area contributed by atoms with Crippen LogP contribution in [0.4, 0.5) is 0 Å². The predicted molar refractivity (Wildman–Crippen MR) is 103 cm³/mol. The van der Waals surface area contributed by atoms with Crippen molar-refractivity contribution in [1.82, 2.24) is 14.7 Å². The number of carbonyl (C=O) groups excluding carboxylic acids is 1. The van der Waals surface area contributed by atoms with Gasteiger partial charge in [-0.3, -0.25) is 4.79 Å². The van der Waals surface area contributed by atoms with Crippen molar-refractivity contribution in [1.29, 1.82) is 0 Å². The number of likely N-dealkylation sites (tertiary alicyclic amines) is 1. The largest absolute Gasteiger partial charge is 0.378 e. The molecule has 3 rings (SSSR count). The summed E-state index contributed by atoms with van der Waals surface area (Å²) in [6.07, 6.45) is 6.00. The Hall–Kier alpha value is -1.85. The van der Waals surface area contributed by atoms with Gasteiger partial charge < -0.3 is 9.64 Å². The molecule has 0 N–H and O–H groups in total. The maximum absolute atomic E-state index is 13.0. The molecular weight excluding hydrogens is 350 g/mol. The van der Waals surface area contributed by atoms with Gasteiger partial charge in [-0.25, -0.2) is 4.68 Å². The SMILES string of the molecule is CCCO[C@H]1CCCN(C(=O)c2nn(-c3ccccc3Cl)cc2C)CC1. The van der Waals surface area contributed by atoms with Gasteiger partial charge in [0.2, 0.25) is 0 Å². The van der Waals surface area contributed by atoms with Gasteiger partial charge in [0.05, 0.1) is 16.8 Å². The molecule has 1 amide bonds. The molecule has 0 spiro atoms. The standard InChI is InChI=1S/C20H26ClN3O2/c1-3-13-26-16-7-6-11-23(12-10-16)20(25)19-15(2)14-24(22-19)18-9-5-4-8-17(18)21/h4-5,8-9,14,16H,3,6-7,10-13H2,1-2H3/t16-/m0/s1. The number of hydrogen-bond acceptors (Lipinski definition) is 3. The number of para-hydroxylation sites is 1. The molecule has 0 saturated carbocycles. The molecule has 26 heavy (non-hydrogen) atoms. The average Bonchev–Trinajstić information content (AvgIpc) is 2.87. The topological polar surface area (TPSA) is 47.4 Å². The fourth-order valence-corrected chi connectivity index (χ4v) is 3.52. The first-order valence-corrected chi connectivity index (χ1v) is 9.70. The first kappa shape index (κ1) is 18.9. The highest BCUT2D eigenvalue weighted by Crippen LogP contribution is 2.22. The second-order valence-corrected chi connectivity index (χ2v) is 7.18. The number of benzene rings is 1. The van der Waals surface area contributed by atoms with E-state index >= 15 is 0 Å². The third-order valence-corrected chi connectivity index (χ3v) is 5.04. The Bertz CT molecular complexity index is 759. The number of hydrogen-bond donors (Lipinski definition) is 0. The van der Waals surface area contributed by atoms with Gasteiger partial charge in [-0.1, -0.05) is 30.7 Å². The van der Waals surface area contributed by atoms with Crippen LogP contribution in [-0.4, -0.2) is 46.4 Å². The van der Waals surface area contributed by atoms with Crippen molar-refractivity contribution < 1.29 is 9.53 Å². The summed E-state index contributed by atoms with van der Waals surface area (Å²) in [5, 5.41) is 5.14. The average molecular weight is 376 g/mol. The van der Waals surface area contributed by atoms with Gasteiger partial charge in [-0.05, 0) is 44.7 Å². The maximum Gasteiger partial charge on any atom is 0.274 e. The number of aromatic nitrogens is 2. The van der Waals surface area contributed by atoms with E-state index in [4.69, 9.17) is 16.3 Å². The molecule has 1 saturated heterocycles. The molecular formula is C20H26ClN3O2. The minimum Gasteiger partial charge on any atom is -0.378 e. The molecule has 0 unspecified atom stereocenters. The van der Waals surface area contributed by atoms with Crippen LogP contribution in [0.1, 0.15) is 48.7 Å². The minimum atomic E-state index is -0.00977. The number of carbonyl (C=O) groups is 1. The zero-order chi connectivity index (χ0) is 18.5. The van der Waals surface area contributed by atoms with Crippen molar-refractivity contribution in [3.8, 4) is 5.69 Å². The normalized spacial score (nSPS) is 18.0. The summed E-state index contributed by atoms with van der Waals surface area (Å²) in [7, 11) is 0. The van der Waals surface area contributed by atoms with Crippen LogP contribution in [0.5, 0.6) is 0 Å². The maximum atomic E-state index is 13.0. The van der Waals surface area contributed by atoms with Gasteiger partial charge >= 0.3 is 0 Å². The number of nitrogens with zero attached hydrogens (tertiary/aromatic N) is 3. The van der Waals surface area contributed by atoms with Gasteiger partial charge in [0.25, 0.3) is 5.91 Å². The monoisotopic (exact) mass is 375 g/mol. The fraction of sp³-hybridized carbons (Fsp3) is 0.500. The summed E-state index contributed by atoms with van der Waals surface area (Å²) < 4.78 is 7.56. The predicted octanol–water partition coefficient (Wildman–Crippen LogP) is 4.26. The highest BCUT2D eigenvalue weighted by molar-refractivity contribution is 6.32. The summed E-state index contributed by atoms with van der Waals surface area (Å²) in [5.74, 6) is -0.00977. The van der Waals surface area contributed by atoms with E-state index in [1.165, 1.54) is 0 Å². The van der Waals surface area contributed by atoms with Crippen LogP contribution in [0.2, 0.25) is 5.02 Å². The first-order chi connectivity index (χ1) is 12.6. The number of amides is 1. The Balaban J connectivity index is 1.73. The lowest BCUT2D eigenvalue weighted by molar-refractivity contribution is 0.0432. The van der Waals surface area contributed by atoms with Crippen LogP contribution >= 0.6 is 11.6 Å². The van der Waals surface area contributed by atoms with Gasteiger partial charge in [0.15, 0.2) is 5.69 Å². The molecule has 1 aliphatic heterocycles. The van der Waals surface area contributed by atoms with Crippen molar-refractivity contribution in [2.24, 2.45) is 0 Å². The van der Waals surface area contributed by atoms with Crippen LogP contribution in [0.25, 0.3) is 5.69 Å². The van der Waals surface area contributed by atoms with E-state index < -0.39 is 0 Å². The van der Waals surface area contributed by atoms with Gasteiger partial charge in [-0.2, -0.15) is 5.10 Å². The van der Waals surface area contributed by atoms with E-state index in [1.807, 2.05) is 42.3 Å². The summed E-state index contributed by atoms with van der Waals surface area (Å²) in [6.45, 7) is 6.29. The van der Waals surface area contributed by atoms with Crippen LogP contribution in [0.15, 0.2) is 30.5 Å². The second-order valence-electron chi connectivity index (χ2n) is 6.77. The lowest BCUT2D eigenvalue weighted by Gasteiger charge is -2.20. The Labute approximate surface area is 159 Å². The van der Waals surface area contributed by atoms with Crippen molar-refractivity contribution >= 4 is 17.5 Å². The molecule has 6 heteroatoms. The van der Waals surface area contributed by atoms with Gasteiger partial charge in [0.1, 0.15) is 0 Å². The third-order valence-electron chi connectivity index (χ3n) is 4.72. The summed E-state index contributed by atoms with van der Waals surface area (Å²) in [5.41, 5.74) is 2.14. The van der Waals surface area contributed by atoms with E-state index in [0.717, 1.165) is 50.1 Å². The molecule has 0 bridgehead atoms. The van der Waals surface area contributed by atoms with Crippen molar-refractivity contribution in [2.75, 3.05) is 19.7 Å². The zero-order valence-corrected chi connectivity index (χ0v) is 16.2. The quantitative estimate of drug-likeness (QED) is 0.784. The summed E-state index contributed by atoms with van der Waals surface area (Å²) >= 11 is 6.26. The highest BCUT2D eigenvalue weighted by Gasteiger charge is 2.25. The van der Waals surface area contributed by atoms with Gasteiger partial charge in [0, 0.05) is 31.5 Å². The van der Waals surface area contributed by atoms with Crippen molar-refractivity contribution in [2.45, 2.75) is 45.6 Å². The van der Waals surface area contributed by atoms with Crippen LogP contribution < -0.4 is 0 Å². The van der Waals surface area contributed by atoms with Crippen LogP contribution in [0, 0.1) is 6.92 Å². The highest BCUT2D eigenvalue weighted by atomic mass is 35.5. The lowest BCUT2D eigenvalue weighted by Crippen LogP contribution is -2.33. The van der Waals surface area contributed by atoms with Crippen LogP contribution in [-0.2, 0) is 4.74 Å². The van der Waals surface area contributed by atoms with Crippen LogP contribution in [0.3, 0.4) is 0 Å². The van der Waals surface area contributed by atoms with Crippen molar-refractivity contribution in [3.63, 3.8) is 0 Å². The Morgan fingerprint density at radius 1 is 1.31 bits per heavy atom. The lowest BCUT2D eigenvalue weighted by atomic mass is 10.1. The molecule has 1 aromatic heterocycles. The number of rotatable bonds is 5. The Morgan fingerprint density at radius 2 is 2.12 bits per heavy atom. The van der Waals surface area contributed by atoms with E-state index in [1.54, 1.807) is 4.68 Å². The van der Waals surface area contributed by atoms with E-state index in [0.29, 0.717) is 17.3 Å². The number of aryl methyl sites for hydroxylation is 1. The molecule has 140 valence electrons. The molecule has 0 radical (unpaired) electrons. The minimum absolute atomic E-state index is 0.00977. The fourth-order valence-electron chi connectivity index (χ4n) is 3.30. The Kier molecular flexibility index (Phi) is 6.33.